The Bertz CT molecular complexity index is 727. The van der Waals surface area contributed by atoms with Crippen molar-refractivity contribution in [3.05, 3.63) is 59.7 Å². The van der Waals surface area contributed by atoms with Crippen LogP contribution in [0.15, 0.2) is 53.6 Å². The standard InChI is InChI=1S/C18H18N2O3S2/c21-15-5-1-13(2-6-15)11-19-20-17(22)12-23-16-7-3-14(4-8-16)18-24-9-10-25-18/h1-8,11,18,21H,9-10,12H2,(H,20,22)/b19-11-. The predicted molar refractivity (Wildman–Crippen MR) is 103 cm³/mol. The maximum Gasteiger partial charge on any atom is 0.277 e. The van der Waals surface area contributed by atoms with Crippen molar-refractivity contribution in [1.29, 1.82) is 0 Å². The topological polar surface area (TPSA) is 70.9 Å². The Morgan fingerprint density at radius 3 is 2.52 bits per heavy atom. The van der Waals surface area contributed by atoms with Gasteiger partial charge in [0, 0.05) is 11.5 Å². The second kappa shape index (κ2) is 8.82. The molecule has 7 heteroatoms. The smallest absolute Gasteiger partial charge is 0.277 e. The SMILES string of the molecule is O=C(COc1ccc(C2SCCS2)cc1)N/N=C\c1ccc(O)cc1. The van der Waals surface area contributed by atoms with Gasteiger partial charge in [0.25, 0.3) is 5.91 Å². The molecule has 1 heterocycles. The Kier molecular flexibility index (Phi) is 6.25. The molecule has 1 fully saturated rings. The van der Waals surface area contributed by atoms with Gasteiger partial charge in [-0.15, -0.1) is 23.5 Å². The summed E-state index contributed by atoms with van der Waals surface area (Å²) in [5.74, 6) is 2.90. The van der Waals surface area contributed by atoms with E-state index < -0.39 is 0 Å². The molecule has 2 aromatic carbocycles. The summed E-state index contributed by atoms with van der Waals surface area (Å²) >= 11 is 3.91. The number of amides is 1. The van der Waals surface area contributed by atoms with E-state index in [4.69, 9.17) is 4.74 Å². The highest BCUT2D eigenvalue weighted by molar-refractivity contribution is 8.19. The number of ether oxygens (including phenoxy) is 1. The molecule has 1 aliphatic heterocycles. The molecule has 0 unspecified atom stereocenters. The molecule has 130 valence electrons. The highest BCUT2D eigenvalue weighted by Gasteiger charge is 2.17. The van der Waals surface area contributed by atoms with E-state index in [9.17, 15) is 9.90 Å². The van der Waals surface area contributed by atoms with Crippen LogP contribution < -0.4 is 10.2 Å². The van der Waals surface area contributed by atoms with Gasteiger partial charge in [0.15, 0.2) is 6.61 Å². The van der Waals surface area contributed by atoms with Crippen LogP contribution in [0.3, 0.4) is 0 Å². The Morgan fingerprint density at radius 1 is 1.16 bits per heavy atom. The number of hydrogen-bond acceptors (Lipinski definition) is 6. The molecule has 5 nitrogen and oxygen atoms in total. The number of aromatic hydroxyl groups is 1. The molecular weight excluding hydrogens is 356 g/mol. The summed E-state index contributed by atoms with van der Waals surface area (Å²) in [5.41, 5.74) is 4.46. The maximum atomic E-state index is 11.7. The van der Waals surface area contributed by atoms with Crippen molar-refractivity contribution >= 4 is 35.6 Å². The zero-order valence-electron chi connectivity index (χ0n) is 13.4. The minimum Gasteiger partial charge on any atom is -0.508 e. The fourth-order valence-electron chi connectivity index (χ4n) is 2.19. The Morgan fingerprint density at radius 2 is 1.84 bits per heavy atom. The summed E-state index contributed by atoms with van der Waals surface area (Å²) in [6, 6.07) is 14.4. The van der Waals surface area contributed by atoms with E-state index in [1.807, 2.05) is 47.8 Å². The third kappa shape index (κ3) is 5.44. The van der Waals surface area contributed by atoms with Gasteiger partial charge in [0.05, 0.1) is 10.8 Å². The van der Waals surface area contributed by atoms with Crippen molar-refractivity contribution in [3.63, 3.8) is 0 Å². The summed E-state index contributed by atoms with van der Waals surface area (Å²) in [4.78, 5) is 11.7. The number of nitrogens with zero attached hydrogens (tertiary/aromatic N) is 1. The van der Waals surface area contributed by atoms with Crippen LogP contribution in [0.2, 0.25) is 0 Å². The number of hydrogen-bond donors (Lipinski definition) is 2. The Labute approximate surface area is 154 Å². The monoisotopic (exact) mass is 374 g/mol. The summed E-state index contributed by atoms with van der Waals surface area (Å²) in [7, 11) is 0. The molecule has 0 saturated carbocycles. The van der Waals surface area contributed by atoms with Gasteiger partial charge in [0.2, 0.25) is 0 Å². The first-order chi connectivity index (χ1) is 12.2. The number of phenolic OH excluding ortho intramolecular Hbond substituents is 1. The number of phenols is 1. The lowest BCUT2D eigenvalue weighted by molar-refractivity contribution is -0.123. The van der Waals surface area contributed by atoms with Gasteiger partial charge in [0.1, 0.15) is 11.5 Å². The van der Waals surface area contributed by atoms with Gasteiger partial charge in [-0.05, 0) is 47.5 Å². The zero-order valence-corrected chi connectivity index (χ0v) is 15.1. The lowest BCUT2D eigenvalue weighted by Gasteiger charge is -2.10. The minimum absolute atomic E-state index is 0.0980. The number of rotatable bonds is 6. The highest BCUT2D eigenvalue weighted by Crippen LogP contribution is 2.45. The normalized spacial score (nSPS) is 14.7. The predicted octanol–water partition coefficient (Wildman–Crippen LogP) is 3.40. The van der Waals surface area contributed by atoms with Gasteiger partial charge in [-0.1, -0.05) is 12.1 Å². The number of benzene rings is 2. The largest absolute Gasteiger partial charge is 0.508 e. The van der Waals surface area contributed by atoms with Gasteiger partial charge < -0.3 is 9.84 Å². The third-order valence-corrected chi connectivity index (χ3v) is 6.54. The quantitative estimate of drug-likeness (QED) is 0.599. The lowest BCUT2D eigenvalue weighted by Crippen LogP contribution is -2.24. The van der Waals surface area contributed by atoms with Crippen LogP contribution in [-0.2, 0) is 4.79 Å². The molecule has 2 N–H and O–H groups in total. The molecule has 1 amide bonds. The van der Waals surface area contributed by atoms with E-state index in [1.165, 1.54) is 23.3 Å². The number of carbonyl (C=O) groups excluding carboxylic acids is 1. The van der Waals surface area contributed by atoms with Crippen LogP contribution in [0.25, 0.3) is 0 Å². The van der Waals surface area contributed by atoms with Crippen LogP contribution >= 0.6 is 23.5 Å². The number of nitrogens with one attached hydrogen (secondary N) is 1. The average Bonchev–Trinajstić information content (AvgIpc) is 3.17. The van der Waals surface area contributed by atoms with Crippen molar-refractivity contribution < 1.29 is 14.6 Å². The van der Waals surface area contributed by atoms with Gasteiger partial charge in [-0.25, -0.2) is 5.43 Å². The maximum absolute atomic E-state index is 11.7. The Hall–Kier alpha value is -2.12. The molecule has 2 aromatic rings. The third-order valence-electron chi connectivity index (χ3n) is 3.44. The van der Waals surface area contributed by atoms with E-state index in [2.05, 4.69) is 10.5 Å². The van der Waals surface area contributed by atoms with E-state index in [0.29, 0.717) is 10.3 Å². The van der Waals surface area contributed by atoms with E-state index >= 15 is 0 Å². The first-order valence-electron chi connectivity index (χ1n) is 7.77. The van der Waals surface area contributed by atoms with Crippen molar-refractivity contribution in [2.24, 2.45) is 5.10 Å². The molecule has 0 radical (unpaired) electrons. The second-order valence-electron chi connectivity index (χ2n) is 5.32. The van der Waals surface area contributed by atoms with Crippen molar-refractivity contribution in [1.82, 2.24) is 5.43 Å². The summed E-state index contributed by atoms with van der Waals surface area (Å²) < 4.78 is 5.98. The van der Waals surface area contributed by atoms with Gasteiger partial charge >= 0.3 is 0 Å². The van der Waals surface area contributed by atoms with Crippen LogP contribution in [0, 0.1) is 0 Å². The second-order valence-corrected chi connectivity index (χ2v) is 8.04. The van der Waals surface area contributed by atoms with Gasteiger partial charge in [-0.2, -0.15) is 5.10 Å². The molecule has 1 saturated heterocycles. The summed E-state index contributed by atoms with van der Waals surface area (Å²) in [5, 5.41) is 13.1. The average molecular weight is 374 g/mol. The van der Waals surface area contributed by atoms with Gasteiger partial charge in [-0.3, -0.25) is 4.79 Å². The number of carbonyl (C=O) groups is 1. The fourth-order valence-corrected chi connectivity index (χ4v) is 5.05. The van der Waals surface area contributed by atoms with Crippen LogP contribution in [0.5, 0.6) is 11.5 Å². The molecule has 0 aliphatic carbocycles. The fraction of sp³-hybridized carbons (Fsp3) is 0.222. The molecule has 0 aromatic heterocycles. The number of thioether (sulfide) groups is 2. The first kappa shape index (κ1) is 17.7. The van der Waals surface area contributed by atoms with E-state index in [-0.39, 0.29) is 18.3 Å². The first-order valence-corrected chi connectivity index (χ1v) is 9.87. The zero-order chi connectivity index (χ0) is 17.5. The minimum atomic E-state index is -0.332. The van der Waals surface area contributed by atoms with Crippen LogP contribution in [0.4, 0.5) is 0 Å². The highest BCUT2D eigenvalue weighted by atomic mass is 32.2. The number of hydrazone groups is 1. The molecule has 0 bridgehead atoms. The molecule has 0 atom stereocenters. The Balaban J connectivity index is 1.43. The van der Waals surface area contributed by atoms with Crippen LogP contribution in [-0.4, -0.2) is 35.3 Å². The van der Waals surface area contributed by atoms with E-state index in [1.54, 1.807) is 24.3 Å². The lowest BCUT2D eigenvalue weighted by atomic mass is 10.2. The van der Waals surface area contributed by atoms with Crippen molar-refractivity contribution in [3.8, 4) is 11.5 Å². The molecular formula is C18H18N2O3S2. The van der Waals surface area contributed by atoms with Crippen molar-refractivity contribution in [2.75, 3.05) is 18.1 Å². The van der Waals surface area contributed by atoms with E-state index in [0.717, 1.165) is 5.56 Å². The van der Waals surface area contributed by atoms with Crippen LogP contribution in [0.1, 0.15) is 15.7 Å². The summed E-state index contributed by atoms with van der Waals surface area (Å²) in [6.07, 6.45) is 1.50. The van der Waals surface area contributed by atoms with Crippen molar-refractivity contribution in [2.45, 2.75) is 4.58 Å². The molecule has 3 rings (SSSR count). The molecule has 25 heavy (non-hydrogen) atoms. The molecule has 0 spiro atoms. The summed E-state index contributed by atoms with van der Waals surface area (Å²) in [6.45, 7) is -0.0980. The molecule has 1 aliphatic rings.